The van der Waals surface area contributed by atoms with Crippen molar-refractivity contribution in [2.45, 2.75) is 26.7 Å². The molecule has 0 atom stereocenters. The van der Waals surface area contributed by atoms with Crippen LogP contribution in [0.15, 0.2) is 48.5 Å². The molecule has 3 nitrogen and oxygen atoms in total. The summed E-state index contributed by atoms with van der Waals surface area (Å²) < 4.78 is 10.3. The summed E-state index contributed by atoms with van der Waals surface area (Å²) >= 11 is 0. The monoisotopic (exact) mass is 270 g/mol. The van der Waals surface area contributed by atoms with Gasteiger partial charge in [0.25, 0.3) is 0 Å². The van der Waals surface area contributed by atoms with Gasteiger partial charge in [0.05, 0.1) is 0 Å². The third-order valence-corrected chi connectivity index (χ3v) is 3.02. The average molecular weight is 270 g/mol. The normalized spacial score (nSPS) is 10.1. The maximum Gasteiger partial charge on any atom is 0.519 e. The molecule has 3 heteroatoms. The Morgan fingerprint density at radius 2 is 1.30 bits per heavy atom. The molecular weight excluding hydrogens is 252 g/mol. The van der Waals surface area contributed by atoms with E-state index in [0.29, 0.717) is 11.5 Å². The van der Waals surface area contributed by atoms with E-state index in [0.717, 1.165) is 24.0 Å². The molecule has 0 unspecified atom stereocenters. The SMILES string of the molecule is CCc1cccc(OC(=O)Oc2cccc(CC)c2)c1. The van der Waals surface area contributed by atoms with E-state index in [1.165, 1.54) is 0 Å². The molecule has 0 radical (unpaired) electrons. The second kappa shape index (κ2) is 6.75. The van der Waals surface area contributed by atoms with Crippen LogP contribution >= 0.6 is 0 Å². The van der Waals surface area contributed by atoms with Crippen LogP contribution in [0.5, 0.6) is 11.5 Å². The third kappa shape index (κ3) is 3.85. The van der Waals surface area contributed by atoms with Crippen LogP contribution < -0.4 is 9.47 Å². The lowest BCUT2D eigenvalue weighted by atomic mass is 10.2. The fourth-order valence-electron chi connectivity index (χ4n) is 1.87. The lowest BCUT2D eigenvalue weighted by Gasteiger charge is -2.07. The van der Waals surface area contributed by atoms with E-state index in [4.69, 9.17) is 9.47 Å². The van der Waals surface area contributed by atoms with Crippen molar-refractivity contribution < 1.29 is 14.3 Å². The predicted molar refractivity (Wildman–Crippen MR) is 78.3 cm³/mol. The molecule has 0 saturated carbocycles. The Morgan fingerprint density at radius 3 is 1.70 bits per heavy atom. The smallest absolute Gasteiger partial charge is 0.395 e. The zero-order valence-corrected chi connectivity index (χ0v) is 11.8. The molecule has 20 heavy (non-hydrogen) atoms. The maximum atomic E-state index is 11.7. The van der Waals surface area contributed by atoms with Crippen molar-refractivity contribution >= 4 is 6.16 Å². The van der Waals surface area contributed by atoms with Crippen LogP contribution in [0.4, 0.5) is 4.79 Å². The number of carbonyl (C=O) groups is 1. The number of hydrogen-bond acceptors (Lipinski definition) is 3. The van der Waals surface area contributed by atoms with Gasteiger partial charge in [0, 0.05) is 0 Å². The first kappa shape index (κ1) is 14.1. The van der Waals surface area contributed by atoms with Crippen molar-refractivity contribution in [3.05, 3.63) is 59.7 Å². The minimum Gasteiger partial charge on any atom is -0.395 e. The van der Waals surface area contributed by atoms with E-state index in [1.54, 1.807) is 12.1 Å². The molecule has 0 fully saturated rings. The van der Waals surface area contributed by atoms with E-state index < -0.39 is 6.16 Å². The number of rotatable bonds is 4. The van der Waals surface area contributed by atoms with Crippen LogP contribution in [0.3, 0.4) is 0 Å². The predicted octanol–water partition coefficient (Wildman–Crippen LogP) is 4.39. The van der Waals surface area contributed by atoms with Gasteiger partial charge in [0.15, 0.2) is 0 Å². The molecule has 0 aliphatic heterocycles. The highest BCUT2D eigenvalue weighted by Crippen LogP contribution is 2.17. The van der Waals surface area contributed by atoms with Crippen molar-refractivity contribution in [2.24, 2.45) is 0 Å². The molecule has 0 amide bonds. The van der Waals surface area contributed by atoms with Gasteiger partial charge in [-0.3, -0.25) is 0 Å². The largest absolute Gasteiger partial charge is 0.519 e. The Kier molecular flexibility index (Phi) is 4.77. The fourth-order valence-corrected chi connectivity index (χ4v) is 1.87. The Labute approximate surface area is 119 Å². The number of ether oxygens (including phenoxy) is 2. The highest BCUT2D eigenvalue weighted by atomic mass is 16.7. The van der Waals surface area contributed by atoms with Crippen LogP contribution in [0.1, 0.15) is 25.0 Å². The molecule has 0 aliphatic rings. The molecule has 0 aliphatic carbocycles. The zero-order chi connectivity index (χ0) is 14.4. The van der Waals surface area contributed by atoms with Crippen LogP contribution in [0.2, 0.25) is 0 Å². The first-order chi connectivity index (χ1) is 9.71. The third-order valence-electron chi connectivity index (χ3n) is 3.02. The fraction of sp³-hybridized carbons (Fsp3) is 0.235. The minimum atomic E-state index is -0.716. The lowest BCUT2D eigenvalue weighted by Crippen LogP contribution is -2.13. The summed E-state index contributed by atoms with van der Waals surface area (Å²) in [5.74, 6) is 1.00. The van der Waals surface area contributed by atoms with Gasteiger partial charge >= 0.3 is 6.16 Å². The van der Waals surface area contributed by atoms with Gasteiger partial charge in [-0.25, -0.2) is 4.79 Å². The topological polar surface area (TPSA) is 35.5 Å². The van der Waals surface area contributed by atoms with Gasteiger partial charge in [-0.1, -0.05) is 38.1 Å². The van der Waals surface area contributed by atoms with Crippen molar-refractivity contribution in [3.8, 4) is 11.5 Å². The summed E-state index contributed by atoms with van der Waals surface area (Å²) in [7, 11) is 0. The zero-order valence-electron chi connectivity index (χ0n) is 11.8. The van der Waals surface area contributed by atoms with Crippen LogP contribution in [0, 0.1) is 0 Å². The van der Waals surface area contributed by atoms with E-state index in [2.05, 4.69) is 0 Å². The molecule has 2 aromatic carbocycles. The van der Waals surface area contributed by atoms with Crippen molar-refractivity contribution in [3.63, 3.8) is 0 Å². The first-order valence-corrected chi connectivity index (χ1v) is 6.78. The molecule has 0 saturated heterocycles. The lowest BCUT2D eigenvalue weighted by molar-refractivity contribution is 0.152. The Hall–Kier alpha value is -2.29. The second-order valence-corrected chi connectivity index (χ2v) is 4.46. The summed E-state index contributed by atoms with van der Waals surface area (Å²) in [6.07, 6.45) is 1.07. The van der Waals surface area contributed by atoms with Gasteiger partial charge < -0.3 is 9.47 Å². The summed E-state index contributed by atoms with van der Waals surface area (Å²) in [5, 5.41) is 0. The number of hydrogen-bond donors (Lipinski definition) is 0. The first-order valence-electron chi connectivity index (χ1n) is 6.78. The minimum absolute atomic E-state index is 0.501. The molecule has 0 bridgehead atoms. The summed E-state index contributed by atoms with van der Waals surface area (Å²) in [4.78, 5) is 11.7. The van der Waals surface area contributed by atoms with Gasteiger partial charge in [-0.2, -0.15) is 0 Å². The number of carbonyl (C=O) groups excluding carboxylic acids is 1. The average Bonchev–Trinajstić information content (AvgIpc) is 2.47. The molecular formula is C17H18O3. The van der Waals surface area contributed by atoms with Crippen LogP contribution in [0.25, 0.3) is 0 Å². The molecule has 2 rings (SSSR count). The highest BCUT2D eigenvalue weighted by Gasteiger charge is 2.08. The summed E-state index contributed by atoms with van der Waals surface area (Å²) in [5.41, 5.74) is 2.23. The Balaban J connectivity index is 2.01. The summed E-state index contributed by atoms with van der Waals surface area (Å²) in [6, 6.07) is 14.9. The van der Waals surface area contributed by atoms with Crippen molar-refractivity contribution in [1.82, 2.24) is 0 Å². The van der Waals surface area contributed by atoms with E-state index >= 15 is 0 Å². The van der Waals surface area contributed by atoms with Gasteiger partial charge in [0.1, 0.15) is 11.5 Å². The van der Waals surface area contributed by atoms with Crippen molar-refractivity contribution in [2.75, 3.05) is 0 Å². The van der Waals surface area contributed by atoms with E-state index in [9.17, 15) is 4.79 Å². The number of benzene rings is 2. The molecule has 104 valence electrons. The van der Waals surface area contributed by atoms with Gasteiger partial charge in [-0.15, -0.1) is 0 Å². The molecule has 2 aromatic rings. The van der Waals surface area contributed by atoms with E-state index in [1.807, 2.05) is 50.2 Å². The van der Waals surface area contributed by atoms with Crippen molar-refractivity contribution in [1.29, 1.82) is 0 Å². The Morgan fingerprint density at radius 1 is 0.850 bits per heavy atom. The standard InChI is InChI=1S/C17H18O3/c1-3-13-7-5-9-15(11-13)19-17(18)20-16-10-6-8-14(4-2)12-16/h5-12H,3-4H2,1-2H3. The molecule has 0 spiro atoms. The van der Waals surface area contributed by atoms with Crippen LogP contribution in [-0.4, -0.2) is 6.16 Å². The quantitative estimate of drug-likeness (QED) is 0.610. The molecule has 0 N–H and O–H groups in total. The highest BCUT2D eigenvalue weighted by molar-refractivity contribution is 5.67. The van der Waals surface area contributed by atoms with E-state index in [-0.39, 0.29) is 0 Å². The van der Waals surface area contributed by atoms with Gasteiger partial charge in [-0.05, 0) is 48.2 Å². The number of aryl methyl sites for hydroxylation is 2. The molecule has 0 heterocycles. The summed E-state index contributed by atoms with van der Waals surface area (Å²) in [6.45, 7) is 4.10. The maximum absolute atomic E-state index is 11.7. The second-order valence-electron chi connectivity index (χ2n) is 4.46. The molecule has 0 aromatic heterocycles. The Bertz CT molecular complexity index is 539. The van der Waals surface area contributed by atoms with Crippen LogP contribution in [-0.2, 0) is 12.8 Å². The van der Waals surface area contributed by atoms with Gasteiger partial charge in [0.2, 0.25) is 0 Å².